The van der Waals surface area contributed by atoms with Gasteiger partial charge in [-0.3, -0.25) is 9.59 Å². The SMILES string of the molecule is CCC(=O)NCC(=O)NCc1ccc(OC)cc1. The van der Waals surface area contributed by atoms with Crippen molar-refractivity contribution >= 4 is 11.8 Å². The van der Waals surface area contributed by atoms with E-state index in [2.05, 4.69) is 10.6 Å². The molecule has 2 amide bonds. The van der Waals surface area contributed by atoms with E-state index in [1.54, 1.807) is 14.0 Å². The van der Waals surface area contributed by atoms with Gasteiger partial charge in [0.2, 0.25) is 11.8 Å². The lowest BCUT2D eigenvalue weighted by Crippen LogP contribution is -2.36. The predicted molar refractivity (Wildman–Crippen MR) is 68.1 cm³/mol. The van der Waals surface area contributed by atoms with Gasteiger partial charge in [0.05, 0.1) is 13.7 Å². The Morgan fingerprint density at radius 1 is 1.11 bits per heavy atom. The Kier molecular flexibility index (Phi) is 5.70. The van der Waals surface area contributed by atoms with Crippen molar-refractivity contribution in [1.82, 2.24) is 10.6 Å². The van der Waals surface area contributed by atoms with Gasteiger partial charge in [-0.25, -0.2) is 0 Å². The molecule has 0 heterocycles. The van der Waals surface area contributed by atoms with Crippen molar-refractivity contribution in [3.05, 3.63) is 29.8 Å². The fourth-order valence-corrected chi connectivity index (χ4v) is 1.31. The van der Waals surface area contributed by atoms with Gasteiger partial charge in [0.15, 0.2) is 0 Å². The standard InChI is InChI=1S/C13H18N2O3/c1-3-12(16)15-9-13(17)14-8-10-4-6-11(18-2)7-5-10/h4-7H,3,8-9H2,1-2H3,(H,14,17)(H,15,16). The van der Waals surface area contributed by atoms with Crippen LogP contribution in [-0.4, -0.2) is 25.5 Å². The van der Waals surface area contributed by atoms with Crippen molar-refractivity contribution in [3.63, 3.8) is 0 Å². The van der Waals surface area contributed by atoms with Crippen LogP contribution in [0.25, 0.3) is 0 Å². The maximum Gasteiger partial charge on any atom is 0.239 e. The molecular formula is C13H18N2O3. The molecule has 0 aliphatic rings. The third kappa shape index (κ3) is 4.86. The Morgan fingerprint density at radius 2 is 1.78 bits per heavy atom. The average Bonchev–Trinajstić information content (AvgIpc) is 2.42. The Morgan fingerprint density at radius 3 is 2.33 bits per heavy atom. The van der Waals surface area contributed by atoms with E-state index in [9.17, 15) is 9.59 Å². The fourth-order valence-electron chi connectivity index (χ4n) is 1.31. The molecule has 98 valence electrons. The monoisotopic (exact) mass is 250 g/mol. The second kappa shape index (κ2) is 7.32. The van der Waals surface area contributed by atoms with Gasteiger partial charge in [-0.15, -0.1) is 0 Å². The molecule has 18 heavy (non-hydrogen) atoms. The molecule has 0 saturated carbocycles. The lowest BCUT2D eigenvalue weighted by molar-refractivity contribution is -0.126. The first-order valence-corrected chi connectivity index (χ1v) is 5.82. The highest BCUT2D eigenvalue weighted by Crippen LogP contribution is 2.10. The lowest BCUT2D eigenvalue weighted by Gasteiger charge is -2.07. The van der Waals surface area contributed by atoms with E-state index in [-0.39, 0.29) is 18.4 Å². The van der Waals surface area contributed by atoms with Gasteiger partial charge in [0.1, 0.15) is 5.75 Å². The minimum Gasteiger partial charge on any atom is -0.497 e. The summed E-state index contributed by atoms with van der Waals surface area (Å²) in [6.45, 7) is 2.19. The molecule has 5 heteroatoms. The Balaban J connectivity index is 2.31. The molecule has 1 rings (SSSR count). The third-order valence-corrected chi connectivity index (χ3v) is 2.42. The molecule has 0 aliphatic carbocycles. The zero-order valence-electron chi connectivity index (χ0n) is 10.7. The maximum absolute atomic E-state index is 11.4. The van der Waals surface area contributed by atoms with Crippen LogP contribution in [0.2, 0.25) is 0 Å². The van der Waals surface area contributed by atoms with Crippen molar-refractivity contribution in [1.29, 1.82) is 0 Å². The number of carbonyl (C=O) groups excluding carboxylic acids is 2. The van der Waals surface area contributed by atoms with Gasteiger partial charge in [-0.2, -0.15) is 0 Å². The van der Waals surface area contributed by atoms with Crippen LogP contribution in [0.5, 0.6) is 5.75 Å². The summed E-state index contributed by atoms with van der Waals surface area (Å²) >= 11 is 0. The summed E-state index contributed by atoms with van der Waals surface area (Å²) in [7, 11) is 1.60. The molecule has 0 aromatic heterocycles. The Hall–Kier alpha value is -2.04. The van der Waals surface area contributed by atoms with Crippen LogP contribution >= 0.6 is 0 Å². The number of nitrogens with one attached hydrogen (secondary N) is 2. The highest BCUT2D eigenvalue weighted by atomic mass is 16.5. The van der Waals surface area contributed by atoms with Crippen molar-refractivity contribution in [2.45, 2.75) is 19.9 Å². The maximum atomic E-state index is 11.4. The van der Waals surface area contributed by atoms with Crippen molar-refractivity contribution in [3.8, 4) is 5.75 Å². The normalized spacial score (nSPS) is 9.67. The second-order valence-electron chi connectivity index (χ2n) is 3.76. The van der Waals surface area contributed by atoms with Crippen molar-refractivity contribution in [2.75, 3.05) is 13.7 Å². The summed E-state index contributed by atoms with van der Waals surface area (Å²) in [5, 5.41) is 5.24. The third-order valence-electron chi connectivity index (χ3n) is 2.42. The lowest BCUT2D eigenvalue weighted by atomic mass is 10.2. The van der Waals surface area contributed by atoms with E-state index in [4.69, 9.17) is 4.74 Å². The number of methoxy groups -OCH3 is 1. The highest BCUT2D eigenvalue weighted by molar-refractivity contribution is 5.84. The Labute approximate surface area is 107 Å². The number of rotatable bonds is 6. The first kappa shape index (κ1) is 14.0. The van der Waals surface area contributed by atoms with Gasteiger partial charge in [0.25, 0.3) is 0 Å². The van der Waals surface area contributed by atoms with E-state index < -0.39 is 0 Å². The zero-order valence-corrected chi connectivity index (χ0v) is 10.7. The van der Waals surface area contributed by atoms with E-state index in [0.29, 0.717) is 13.0 Å². The minimum atomic E-state index is -0.201. The summed E-state index contributed by atoms with van der Waals surface area (Å²) in [5.74, 6) is 0.447. The largest absolute Gasteiger partial charge is 0.497 e. The van der Waals surface area contributed by atoms with Crippen molar-refractivity contribution in [2.24, 2.45) is 0 Å². The van der Waals surface area contributed by atoms with Crippen molar-refractivity contribution < 1.29 is 14.3 Å². The molecular weight excluding hydrogens is 232 g/mol. The first-order valence-electron chi connectivity index (χ1n) is 5.82. The van der Waals surface area contributed by atoms with Crippen LogP contribution < -0.4 is 15.4 Å². The molecule has 1 aromatic carbocycles. The van der Waals surface area contributed by atoms with Crippen LogP contribution in [0.1, 0.15) is 18.9 Å². The average molecular weight is 250 g/mol. The number of benzene rings is 1. The highest BCUT2D eigenvalue weighted by Gasteiger charge is 2.03. The van der Waals surface area contributed by atoms with Crippen LogP contribution in [0.3, 0.4) is 0 Å². The van der Waals surface area contributed by atoms with E-state index in [1.165, 1.54) is 0 Å². The summed E-state index contributed by atoms with van der Waals surface area (Å²) in [6, 6.07) is 7.42. The summed E-state index contributed by atoms with van der Waals surface area (Å²) in [4.78, 5) is 22.4. The summed E-state index contributed by atoms with van der Waals surface area (Å²) in [6.07, 6.45) is 0.381. The molecule has 0 radical (unpaired) electrons. The summed E-state index contributed by atoms with van der Waals surface area (Å²) in [5.41, 5.74) is 0.978. The number of carbonyl (C=O) groups is 2. The number of amides is 2. The molecule has 0 unspecified atom stereocenters. The zero-order chi connectivity index (χ0) is 13.4. The molecule has 0 bridgehead atoms. The topological polar surface area (TPSA) is 67.4 Å². The van der Waals surface area contributed by atoms with Crippen LogP contribution in [0, 0.1) is 0 Å². The van der Waals surface area contributed by atoms with Crippen LogP contribution in [0.4, 0.5) is 0 Å². The van der Waals surface area contributed by atoms with E-state index >= 15 is 0 Å². The van der Waals surface area contributed by atoms with E-state index in [1.807, 2.05) is 24.3 Å². The van der Waals surface area contributed by atoms with Gasteiger partial charge < -0.3 is 15.4 Å². The molecule has 5 nitrogen and oxygen atoms in total. The van der Waals surface area contributed by atoms with Gasteiger partial charge in [-0.05, 0) is 17.7 Å². The summed E-state index contributed by atoms with van der Waals surface area (Å²) < 4.78 is 5.04. The molecule has 1 aromatic rings. The second-order valence-corrected chi connectivity index (χ2v) is 3.76. The molecule has 2 N–H and O–H groups in total. The minimum absolute atomic E-state index is 0.0167. The van der Waals surface area contributed by atoms with Gasteiger partial charge in [0, 0.05) is 13.0 Å². The molecule has 0 fully saturated rings. The van der Waals surface area contributed by atoms with Gasteiger partial charge in [-0.1, -0.05) is 19.1 Å². The molecule has 0 saturated heterocycles. The molecule has 0 aliphatic heterocycles. The van der Waals surface area contributed by atoms with Crippen LogP contribution in [-0.2, 0) is 16.1 Å². The molecule has 0 spiro atoms. The van der Waals surface area contributed by atoms with Crippen LogP contribution in [0.15, 0.2) is 24.3 Å². The van der Waals surface area contributed by atoms with Gasteiger partial charge >= 0.3 is 0 Å². The molecule has 0 atom stereocenters. The number of hydrogen-bond acceptors (Lipinski definition) is 3. The fraction of sp³-hybridized carbons (Fsp3) is 0.385. The first-order chi connectivity index (χ1) is 8.65. The smallest absolute Gasteiger partial charge is 0.239 e. The Bertz CT molecular complexity index is 401. The predicted octanol–water partition coefficient (Wildman–Crippen LogP) is 0.838. The quantitative estimate of drug-likeness (QED) is 0.786. The number of hydrogen-bond donors (Lipinski definition) is 2. The van der Waals surface area contributed by atoms with E-state index in [0.717, 1.165) is 11.3 Å². The number of ether oxygens (including phenoxy) is 1.